The Morgan fingerprint density at radius 2 is 2.10 bits per heavy atom. The molecule has 0 saturated heterocycles. The second-order valence-corrected chi connectivity index (χ2v) is 6.84. The molecule has 0 unspecified atom stereocenters. The smallest absolute Gasteiger partial charge is 0.271 e. The first-order chi connectivity index (χ1) is 14.0. The molecule has 2 N–H and O–H groups in total. The Kier molecular flexibility index (Phi) is 4.75. The quantitative estimate of drug-likeness (QED) is 0.523. The number of carbonyl (C=O) groups is 1. The number of aryl methyl sites for hydroxylation is 1. The van der Waals surface area contributed by atoms with E-state index in [-0.39, 0.29) is 11.3 Å². The van der Waals surface area contributed by atoms with Crippen molar-refractivity contribution in [1.29, 1.82) is 0 Å². The lowest BCUT2D eigenvalue weighted by molar-refractivity contribution is 0.0955. The van der Waals surface area contributed by atoms with Gasteiger partial charge in [-0.1, -0.05) is 0 Å². The van der Waals surface area contributed by atoms with Crippen molar-refractivity contribution in [2.24, 2.45) is 5.10 Å². The van der Waals surface area contributed by atoms with E-state index in [2.05, 4.69) is 15.5 Å². The zero-order chi connectivity index (χ0) is 20.5. The number of phenols is 1. The van der Waals surface area contributed by atoms with Crippen LogP contribution >= 0.6 is 0 Å². The van der Waals surface area contributed by atoms with Crippen molar-refractivity contribution in [1.82, 2.24) is 15.0 Å². The molecular weight excluding hydrogens is 372 g/mol. The highest BCUT2D eigenvalue weighted by molar-refractivity contribution is 6.03. The van der Waals surface area contributed by atoms with Crippen molar-refractivity contribution in [3.8, 4) is 11.5 Å². The highest BCUT2D eigenvalue weighted by Gasteiger charge is 2.17. The molecule has 2 heterocycles. The van der Waals surface area contributed by atoms with E-state index >= 15 is 0 Å². The zero-order valence-corrected chi connectivity index (χ0v) is 16.1. The number of aromatic nitrogens is 2. The average molecular weight is 392 g/mol. The Balaban J connectivity index is 1.58. The minimum absolute atomic E-state index is 0.00378. The maximum atomic E-state index is 12.5. The molecule has 2 aromatic carbocycles. The van der Waals surface area contributed by atoms with E-state index in [1.807, 2.05) is 0 Å². The summed E-state index contributed by atoms with van der Waals surface area (Å²) >= 11 is 0. The SMILES string of the molecule is COc1ccc(/C(C)=N/NC(=O)c2ccc3c(=O)n4c(nc3c2)CCC4)c(O)c1. The highest BCUT2D eigenvalue weighted by Crippen LogP contribution is 2.24. The minimum atomic E-state index is -0.429. The normalized spacial score (nSPS) is 13.4. The third-order valence-electron chi connectivity index (χ3n) is 5.00. The molecule has 1 amide bonds. The summed E-state index contributed by atoms with van der Waals surface area (Å²) in [6.45, 7) is 2.36. The third-order valence-corrected chi connectivity index (χ3v) is 5.00. The van der Waals surface area contributed by atoms with E-state index < -0.39 is 5.91 Å². The molecule has 148 valence electrons. The lowest BCUT2D eigenvalue weighted by Crippen LogP contribution is -2.22. The number of hydrazone groups is 1. The number of amides is 1. The lowest BCUT2D eigenvalue weighted by Gasteiger charge is -2.08. The van der Waals surface area contributed by atoms with Crippen LogP contribution < -0.4 is 15.7 Å². The van der Waals surface area contributed by atoms with Gasteiger partial charge in [-0.2, -0.15) is 5.10 Å². The Bertz CT molecular complexity index is 1210. The minimum Gasteiger partial charge on any atom is -0.507 e. The number of rotatable bonds is 4. The van der Waals surface area contributed by atoms with Gasteiger partial charge in [0.2, 0.25) is 0 Å². The number of ether oxygens (including phenoxy) is 1. The Hall–Kier alpha value is -3.68. The molecule has 4 rings (SSSR count). The van der Waals surface area contributed by atoms with Gasteiger partial charge in [-0.3, -0.25) is 14.2 Å². The first-order valence-corrected chi connectivity index (χ1v) is 9.23. The van der Waals surface area contributed by atoms with Gasteiger partial charge in [0.25, 0.3) is 11.5 Å². The van der Waals surface area contributed by atoms with Crippen LogP contribution in [0.3, 0.4) is 0 Å². The van der Waals surface area contributed by atoms with Crippen LogP contribution in [0.15, 0.2) is 46.3 Å². The second kappa shape index (κ2) is 7.38. The van der Waals surface area contributed by atoms with Crippen LogP contribution in [-0.2, 0) is 13.0 Å². The van der Waals surface area contributed by atoms with Crippen LogP contribution in [0.2, 0.25) is 0 Å². The average Bonchev–Trinajstić information content (AvgIpc) is 3.20. The van der Waals surface area contributed by atoms with Crippen LogP contribution in [-0.4, -0.2) is 33.4 Å². The molecule has 0 radical (unpaired) electrons. The number of carbonyl (C=O) groups excluding carboxylic acids is 1. The van der Waals surface area contributed by atoms with Gasteiger partial charge in [0.1, 0.15) is 17.3 Å². The van der Waals surface area contributed by atoms with Gasteiger partial charge < -0.3 is 9.84 Å². The monoisotopic (exact) mass is 392 g/mol. The molecule has 29 heavy (non-hydrogen) atoms. The predicted octanol–water partition coefficient (Wildman–Crippen LogP) is 2.21. The molecular formula is C21H20N4O4. The first-order valence-electron chi connectivity index (χ1n) is 9.23. The molecule has 8 nitrogen and oxygen atoms in total. The largest absolute Gasteiger partial charge is 0.507 e. The van der Waals surface area contributed by atoms with Crippen LogP contribution in [0, 0.1) is 0 Å². The molecule has 0 aliphatic carbocycles. The summed E-state index contributed by atoms with van der Waals surface area (Å²) in [5.74, 6) is 0.851. The molecule has 0 spiro atoms. The predicted molar refractivity (Wildman–Crippen MR) is 109 cm³/mol. The first kappa shape index (κ1) is 18.7. The molecule has 0 bridgehead atoms. The number of benzene rings is 2. The summed E-state index contributed by atoms with van der Waals surface area (Å²) in [5.41, 5.74) is 4.18. The molecule has 1 aliphatic rings. The van der Waals surface area contributed by atoms with E-state index in [0.717, 1.165) is 18.7 Å². The van der Waals surface area contributed by atoms with E-state index in [1.54, 1.807) is 41.8 Å². The van der Waals surface area contributed by atoms with E-state index in [0.29, 0.717) is 40.0 Å². The van der Waals surface area contributed by atoms with Gasteiger partial charge in [0.15, 0.2) is 0 Å². The second-order valence-electron chi connectivity index (χ2n) is 6.84. The highest BCUT2D eigenvalue weighted by atomic mass is 16.5. The number of fused-ring (bicyclic) bond motifs is 2. The van der Waals surface area contributed by atoms with E-state index in [9.17, 15) is 14.7 Å². The van der Waals surface area contributed by atoms with Crippen molar-refractivity contribution in [2.75, 3.05) is 7.11 Å². The lowest BCUT2D eigenvalue weighted by atomic mass is 10.1. The van der Waals surface area contributed by atoms with Crippen LogP contribution in [0.1, 0.15) is 35.1 Å². The van der Waals surface area contributed by atoms with Gasteiger partial charge in [-0.15, -0.1) is 0 Å². The molecule has 0 fully saturated rings. The van der Waals surface area contributed by atoms with Crippen molar-refractivity contribution < 1.29 is 14.6 Å². The fourth-order valence-electron chi connectivity index (χ4n) is 3.43. The topological polar surface area (TPSA) is 106 Å². The maximum Gasteiger partial charge on any atom is 0.271 e. The number of aromatic hydroxyl groups is 1. The molecule has 3 aromatic rings. The van der Waals surface area contributed by atoms with Crippen LogP contribution in [0.25, 0.3) is 10.9 Å². The van der Waals surface area contributed by atoms with Crippen molar-refractivity contribution in [2.45, 2.75) is 26.3 Å². The van der Waals surface area contributed by atoms with Gasteiger partial charge in [-0.05, 0) is 43.7 Å². The van der Waals surface area contributed by atoms with E-state index in [1.165, 1.54) is 13.2 Å². The molecule has 0 saturated carbocycles. The molecule has 0 atom stereocenters. The van der Waals surface area contributed by atoms with Crippen molar-refractivity contribution in [3.63, 3.8) is 0 Å². The fourth-order valence-corrected chi connectivity index (χ4v) is 3.43. The Labute approximate surface area is 166 Å². The van der Waals surface area contributed by atoms with Gasteiger partial charge in [-0.25, -0.2) is 10.4 Å². The number of nitrogens with one attached hydrogen (secondary N) is 1. The summed E-state index contributed by atoms with van der Waals surface area (Å²) in [6.07, 6.45) is 1.66. The number of nitrogens with zero attached hydrogens (tertiary/aromatic N) is 3. The van der Waals surface area contributed by atoms with Gasteiger partial charge in [0, 0.05) is 30.2 Å². The Morgan fingerprint density at radius 3 is 2.86 bits per heavy atom. The summed E-state index contributed by atoms with van der Waals surface area (Å²) in [4.78, 5) is 29.6. The molecule has 1 aliphatic heterocycles. The summed E-state index contributed by atoms with van der Waals surface area (Å²) in [5, 5.41) is 14.7. The fraction of sp³-hybridized carbons (Fsp3) is 0.238. The maximum absolute atomic E-state index is 12.5. The number of hydrogen-bond donors (Lipinski definition) is 2. The van der Waals surface area contributed by atoms with Crippen LogP contribution in [0.5, 0.6) is 11.5 Å². The van der Waals surface area contributed by atoms with Gasteiger partial charge >= 0.3 is 0 Å². The summed E-state index contributed by atoms with van der Waals surface area (Å²) in [7, 11) is 1.51. The van der Waals surface area contributed by atoms with Crippen LogP contribution in [0.4, 0.5) is 0 Å². The summed E-state index contributed by atoms with van der Waals surface area (Å²) < 4.78 is 6.75. The van der Waals surface area contributed by atoms with Crippen molar-refractivity contribution >= 4 is 22.5 Å². The number of methoxy groups -OCH3 is 1. The number of hydrogen-bond acceptors (Lipinski definition) is 6. The zero-order valence-electron chi connectivity index (χ0n) is 16.1. The van der Waals surface area contributed by atoms with Gasteiger partial charge in [0.05, 0.1) is 23.7 Å². The van der Waals surface area contributed by atoms with E-state index in [4.69, 9.17) is 4.74 Å². The summed E-state index contributed by atoms with van der Waals surface area (Å²) in [6, 6.07) is 9.63. The standard InChI is InChI=1S/C21H20N4O4/c1-12(15-8-6-14(29-2)11-18(15)26)23-24-20(27)13-5-7-16-17(10-13)22-19-4-3-9-25(19)21(16)28/h5-8,10-11,26H,3-4,9H2,1-2H3,(H,24,27)/b23-12+. The molecule has 1 aromatic heterocycles. The third kappa shape index (κ3) is 3.44. The molecule has 8 heteroatoms. The number of phenolic OH excluding ortho intramolecular Hbond substituents is 1. The Morgan fingerprint density at radius 1 is 1.28 bits per heavy atom. The van der Waals surface area contributed by atoms with Crippen molar-refractivity contribution in [3.05, 3.63) is 63.7 Å².